The van der Waals surface area contributed by atoms with Gasteiger partial charge in [-0.3, -0.25) is 4.79 Å². The summed E-state index contributed by atoms with van der Waals surface area (Å²) in [7, 11) is 0. The Hall–Kier alpha value is -1.02. The van der Waals surface area contributed by atoms with E-state index in [9.17, 15) is 4.79 Å². The lowest BCUT2D eigenvalue weighted by molar-refractivity contribution is 0.112. The van der Waals surface area contributed by atoms with Crippen LogP contribution in [-0.4, -0.2) is 12.0 Å². The van der Waals surface area contributed by atoms with Gasteiger partial charge in [-0.1, -0.05) is 17.7 Å². The number of benzene rings is 1. The number of rotatable bonds is 5. The number of thioether (sulfide) groups is 1. The molecule has 0 N–H and O–H groups in total. The molecule has 0 aliphatic heterocycles. The van der Waals surface area contributed by atoms with Crippen molar-refractivity contribution in [2.24, 2.45) is 0 Å². The number of carbonyl (C=O) groups excluding carboxylic acids is 1. The Morgan fingerprint density at radius 3 is 3.00 bits per heavy atom. The Kier molecular flexibility index (Phi) is 4.47. The molecule has 0 unspecified atom stereocenters. The Morgan fingerprint density at radius 1 is 1.57 bits per heavy atom. The maximum absolute atomic E-state index is 10.5. The van der Waals surface area contributed by atoms with Gasteiger partial charge in [0.05, 0.1) is 0 Å². The summed E-state index contributed by atoms with van der Waals surface area (Å²) < 4.78 is 0. The quantitative estimate of drug-likeness (QED) is 0.416. The van der Waals surface area contributed by atoms with Crippen LogP contribution in [0.15, 0.2) is 41.3 Å². The summed E-state index contributed by atoms with van der Waals surface area (Å²) in [4.78, 5) is 11.7. The van der Waals surface area contributed by atoms with E-state index in [1.807, 2.05) is 31.2 Å². The van der Waals surface area contributed by atoms with E-state index in [1.165, 1.54) is 5.57 Å². The zero-order chi connectivity index (χ0) is 10.4. The molecule has 0 heterocycles. The highest BCUT2D eigenvalue weighted by Crippen LogP contribution is 2.20. The van der Waals surface area contributed by atoms with Gasteiger partial charge in [0, 0.05) is 16.2 Å². The molecule has 1 rings (SSSR count). The summed E-state index contributed by atoms with van der Waals surface area (Å²) in [5, 5.41) is 0. The zero-order valence-corrected chi connectivity index (χ0v) is 9.14. The SMILES string of the molecule is C=C(C)CCSc1cccc(C=O)c1. The van der Waals surface area contributed by atoms with Crippen LogP contribution in [0, 0.1) is 0 Å². The first-order valence-electron chi connectivity index (χ1n) is 4.55. The van der Waals surface area contributed by atoms with Crippen LogP contribution in [0.3, 0.4) is 0 Å². The molecule has 0 atom stereocenters. The summed E-state index contributed by atoms with van der Waals surface area (Å²) in [5.41, 5.74) is 1.94. The average molecular weight is 206 g/mol. The van der Waals surface area contributed by atoms with E-state index >= 15 is 0 Å². The second-order valence-corrected chi connectivity index (χ2v) is 4.41. The highest BCUT2D eigenvalue weighted by atomic mass is 32.2. The van der Waals surface area contributed by atoms with Crippen LogP contribution in [0.1, 0.15) is 23.7 Å². The van der Waals surface area contributed by atoms with Crippen molar-refractivity contribution in [1.82, 2.24) is 0 Å². The van der Waals surface area contributed by atoms with Gasteiger partial charge in [0.15, 0.2) is 0 Å². The molecule has 0 aromatic heterocycles. The molecule has 14 heavy (non-hydrogen) atoms. The molecule has 1 nitrogen and oxygen atoms in total. The first-order valence-corrected chi connectivity index (χ1v) is 5.53. The second kappa shape index (κ2) is 5.66. The van der Waals surface area contributed by atoms with Gasteiger partial charge in [0.2, 0.25) is 0 Å². The standard InChI is InChI=1S/C12H14OS/c1-10(2)6-7-14-12-5-3-4-11(8-12)9-13/h3-5,8-9H,1,6-7H2,2H3. The smallest absolute Gasteiger partial charge is 0.150 e. The summed E-state index contributed by atoms with van der Waals surface area (Å²) in [6.45, 7) is 5.88. The minimum absolute atomic E-state index is 0.741. The summed E-state index contributed by atoms with van der Waals surface area (Å²) in [5.74, 6) is 1.03. The van der Waals surface area contributed by atoms with Crippen LogP contribution in [0.25, 0.3) is 0 Å². The van der Waals surface area contributed by atoms with Crippen LogP contribution < -0.4 is 0 Å². The van der Waals surface area contributed by atoms with Crippen LogP contribution in [-0.2, 0) is 0 Å². The van der Waals surface area contributed by atoms with Gasteiger partial charge in [-0.05, 0) is 25.5 Å². The molecule has 0 saturated heterocycles. The topological polar surface area (TPSA) is 17.1 Å². The van der Waals surface area contributed by atoms with Crippen molar-refractivity contribution in [1.29, 1.82) is 0 Å². The predicted octanol–water partition coefficient (Wildman–Crippen LogP) is 3.56. The molecular weight excluding hydrogens is 192 g/mol. The third-order valence-electron chi connectivity index (χ3n) is 1.79. The second-order valence-electron chi connectivity index (χ2n) is 3.25. The molecule has 0 fully saturated rings. The zero-order valence-electron chi connectivity index (χ0n) is 8.32. The molecule has 74 valence electrons. The summed E-state index contributed by atoms with van der Waals surface area (Å²) in [6.07, 6.45) is 1.90. The molecule has 0 radical (unpaired) electrons. The van der Waals surface area contributed by atoms with Crippen molar-refractivity contribution < 1.29 is 4.79 Å². The first kappa shape index (κ1) is 11.1. The summed E-state index contributed by atoms with van der Waals surface area (Å²) >= 11 is 1.76. The third kappa shape index (κ3) is 3.79. The highest BCUT2D eigenvalue weighted by molar-refractivity contribution is 7.99. The normalized spacial score (nSPS) is 9.79. The molecule has 2 heteroatoms. The largest absolute Gasteiger partial charge is 0.298 e. The van der Waals surface area contributed by atoms with Crippen LogP contribution in [0.5, 0.6) is 0 Å². The van der Waals surface area contributed by atoms with Crippen molar-refractivity contribution >= 4 is 18.0 Å². The Labute approximate surface area is 89.2 Å². The molecule has 0 bridgehead atoms. The molecule has 0 amide bonds. The fourth-order valence-electron chi connectivity index (χ4n) is 1.02. The van der Waals surface area contributed by atoms with E-state index in [2.05, 4.69) is 6.58 Å². The molecule has 0 saturated carbocycles. The lowest BCUT2D eigenvalue weighted by Gasteiger charge is -2.01. The molecular formula is C12H14OS. The minimum atomic E-state index is 0.741. The van der Waals surface area contributed by atoms with Crippen molar-refractivity contribution in [3.63, 3.8) is 0 Å². The van der Waals surface area contributed by atoms with E-state index in [1.54, 1.807) is 11.8 Å². The predicted molar refractivity (Wildman–Crippen MR) is 62.0 cm³/mol. The van der Waals surface area contributed by atoms with Gasteiger partial charge in [0.25, 0.3) is 0 Å². The summed E-state index contributed by atoms with van der Waals surface area (Å²) in [6, 6.07) is 7.66. The van der Waals surface area contributed by atoms with Gasteiger partial charge >= 0.3 is 0 Å². The van der Waals surface area contributed by atoms with Gasteiger partial charge < -0.3 is 0 Å². The first-order chi connectivity index (χ1) is 6.72. The van der Waals surface area contributed by atoms with E-state index in [-0.39, 0.29) is 0 Å². The Morgan fingerprint density at radius 2 is 2.36 bits per heavy atom. The van der Waals surface area contributed by atoms with E-state index in [4.69, 9.17) is 0 Å². The van der Waals surface area contributed by atoms with Crippen molar-refractivity contribution in [3.8, 4) is 0 Å². The molecule has 0 spiro atoms. The third-order valence-corrected chi connectivity index (χ3v) is 2.79. The average Bonchev–Trinajstić information content (AvgIpc) is 2.18. The van der Waals surface area contributed by atoms with Crippen LogP contribution in [0.4, 0.5) is 0 Å². The number of carbonyl (C=O) groups is 1. The number of hydrogen-bond donors (Lipinski definition) is 0. The van der Waals surface area contributed by atoms with Crippen LogP contribution >= 0.6 is 11.8 Å². The lowest BCUT2D eigenvalue weighted by Crippen LogP contribution is -1.83. The van der Waals surface area contributed by atoms with Gasteiger partial charge in [0.1, 0.15) is 6.29 Å². The molecule has 1 aromatic rings. The van der Waals surface area contributed by atoms with Gasteiger partial charge in [-0.25, -0.2) is 0 Å². The number of allylic oxidation sites excluding steroid dienone is 1. The van der Waals surface area contributed by atoms with Gasteiger partial charge in [-0.2, -0.15) is 0 Å². The fourth-order valence-corrected chi connectivity index (χ4v) is 2.10. The van der Waals surface area contributed by atoms with Crippen molar-refractivity contribution in [2.45, 2.75) is 18.2 Å². The number of aldehydes is 1. The lowest BCUT2D eigenvalue weighted by atomic mass is 10.2. The van der Waals surface area contributed by atoms with Crippen LogP contribution in [0.2, 0.25) is 0 Å². The minimum Gasteiger partial charge on any atom is -0.298 e. The van der Waals surface area contributed by atoms with Crippen molar-refractivity contribution in [3.05, 3.63) is 42.0 Å². The van der Waals surface area contributed by atoms with E-state index in [0.29, 0.717) is 0 Å². The number of hydrogen-bond acceptors (Lipinski definition) is 2. The molecule has 1 aromatic carbocycles. The highest BCUT2D eigenvalue weighted by Gasteiger charge is 1.95. The molecule has 0 aliphatic rings. The fraction of sp³-hybridized carbons (Fsp3) is 0.250. The monoisotopic (exact) mass is 206 g/mol. The maximum Gasteiger partial charge on any atom is 0.150 e. The Balaban J connectivity index is 2.50. The molecule has 0 aliphatic carbocycles. The van der Waals surface area contributed by atoms with E-state index < -0.39 is 0 Å². The van der Waals surface area contributed by atoms with E-state index in [0.717, 1.165) is 28.9 Å². The van der Waals surface area contributed by atoms with Crippen molar-refractivity contribution in [2.75, 3.05) is 5.75 Å². The Bertz CT molecular complexity index is 331. The van der Waals surface area contributed by atoms with Gasteiger partial charge in [-0.15, -0.1) is 18.3 Å². The maximum atomic E-state index is 10.5.